The van der Waals surface area contributed by atoms with Gasteiger partial charge in [-0.1, -0.05) is 34.1 Å². The monoisotopic (exact) mass is 525 g/mol. The third-order valence-corrected chi connectivity index (χ3v) is 4.89. The zero-order chi connectivity index (χ0) is 24.5. The van der Waals surface area contributed by atoms with Crippen molar-refractivity contribution in [3.8, 4) is 17.2 Å². The Bertz CT molecular complexity index is 1240. The van der Waals surface area contributed by atoms with Crippen LogP contribution in [0.25, 0.3) is 0 Å². The van der Waals surface area contributed by atoms with Crippen molar-refractivity contribution < 1.29 is 28.6 Å². The number of hydrazone groups is 1. The molecule has 2 amide bonds. The zero-order valence-electron chi connectivity index (χ0n) is 18.2. The number of ether oxygens (including phenoxy) is 3. The van der Waals surface area contributed by atoms with Gasteiger partial charge in [-0.25, -0.2) is 10.2 Å². The molecule has 10 heteroatoms. The van der Waals surface area contributed by atoms with E-state index in [1.54, 1.807) is 60.7 Å². The number of esters is 1. The fourth-order valence-corrected chi connectivity index (χ4v) is 3.17. The minimum absolute atomic E-state index is 0.213. The maximum atomic E-state index is 12.4. The van der Waals surface area contributed by atoms with Crippen molar-refractivity contribution in [3.63, 3.8) is 0 Å². The molecule has 3 aromatic rings. The first-order chi connectivity index (χ1) is 16.4. The summed E-state index contributed by atoms with van der Waals surface area (Å²) in [4.78, 5) is 36.5. The highest BCUT2D eigenvalue weighted by Gasteiger charge is 2.15. The van der Waals surface area contributed by atoms with E-state index in [4.69, 9.17) is 14.2 Å². The molecular weight excluding hydrogens is 506 g/mol. The molecule has 0 aliphatic carbocycles. The largest absolute Gasteiger partial charge is 0.495 e. The number of nitrogens with one attached hydrogen (secondary N) is 2. The van der Waals surface area contributed by atoms with Gasteiger partial charge < -0.3 is 19.5 Å². The van der Waals surface area contributed by atoms with Crippen LogP contribution in [0.3, 0.4) is 0 Å². The summed E-state index contributed by atoms with van der Waals surface area (Å²) in [6.45, 7) is 0. The van der Waals surface area contributed by atoms with Crippen molar-refractivity contribution in [3.05, 3.63) is 82.3 Å². The number of nitrogens with zero attached hydrogens (tertiary/aromatic N) is 1. The molecule has 0 saturated carbocycles. The quantitative estimate of drug-likeness (QED) is 0.159. The van der Waals surface area contributed by atoms with Crippen LogP contribution in [0.2, 0.25) is 0 Å². The SMILES string of the molecule is COc1ccccc1NC(=O)C(=O)NN=Cc1ccc(OC(=O)c2cccc(Br)c2)c(OC)c1. The van der Waals surface area contributed by atoms with E-state index in [-0.39, 0.29) is 11.5 Å². The van der Waals surface area contributed by atoms with E-state index in [0.717, 1.165) is 4.47 Å². The molecule has 0 aliphatic rings. The molecule has 0 spiro atoms. The van der Waals surface area contributed by atoms with Gasteiger partial charge in [0, 0.05) is 4.47 Å². The van der Waals surface area contributed by atoms with Crippen LogP contribution in [-0.2, 0) is 9.59 Å². The van der Waals surface area contributed by atoms with E-state index >= 15 is 0 Å². The highest BCUT2D eigenvalue weighted by molar-refractivity contribution is 9.10. The van der Waals surface area contributed by atoms with Gasteiger partial charge in [0.25, 0.3) is 0 Å². The molecule has 0 unspecified atom stereocenters. The van der Waals surface area contributed by atoms with E-state index in [1.165, 1.54) is 26.5 Å². The lowest BCUT2D eigenvalue weighted by Gasteiger charge is -2.10. The van der Waals surface area contributed by atoms with Gasteiger partial charge in [0.15, 0.2) is 11.5 Å². The summed E-state index contributed by atoms with van der Waals surface area (Å²) in [6.07, 6.45) is 1.32. The third kappa shape index (κ3) is 6.42. The topological polar surface area (TPSA) is 115 Å². The highest BCUT2D eigenvalue weighted by Crippen LogP contribution is 2.28. The summed E-state index contributed by atoms with van der Waals surface area (Å²) in [6, 6.07) is 18.2. The number of hydrogen-bond acceptors (Lipinski definition) is 7. The summed E-state index contributed by atoms with van der Waals surface area (Å²) >= 11 is 3.31. The van der Waals surface area contributed by atoms with Crippen molar-refractivity contribution in [2.24, 2.45) is 5.10 Å². The van der Waals surface area contributed by atoms with Crippen LogP contribution in [0.5, 0.6) is 17.2 Å². The Morgan fingerprint density at radius 1 is 0.853 bits per heavy atom. The lowest BCUT2D eigenvalue weighted by Crippen LogP contribution is -2.32. The summed E-state index contributed by atoms with van der Waals surface area (Å²) < 4.78 is 16.6. The van der Waals surface area contributed by atoms with Crippen LogP contribution < -0.4 is 25.0 Å². The normalized spacial score (nSPS) is 10.4. The minimum Gasteiger partial charge on any atom is -0.495 e. The molecule has 0 radical (unpaired) electrons. The third-order valence-electron chi connectivity index (χ3n) is 4.39. The van der Waals surface area contributed by atoms with Crippen molar-refractivity contribution in [1.29, 1.82) is 0 Å². The smallest absolute Gasteiger partial charge is 0.343 e. The number of carbonyl (C=O) groups is 3. The van der Waals surface area contributed by atoms with Crippen molar-refractivity contribution >= 4 is 45.6 Å². The molecule has 0 bridgehead atoms. The van der Waals surface area contributed by atoms with Gasteiger partial charge in [-0.05, 0) is 54.1 Å². The van der Waals surface area contributed by atoms with Crippen LogP contribution in [0.4, 0.5) is 5.69 Å². The highest BCUT2D eigenvalue weighted by atomic mass is 79.9. The number of benzene rings is 3. The first-order valence-corrected chi connectivity index (χ1v) is 10.6. The predicted octanol–water partition coefficient (Wildman–Crippen LogP) is 3.77. The molecule has 3 rings (SSSR count). The van der Waals surface area contributed by atoms with Crippen molar-refractivity contribution in [2.45, 2.75) is 0 Å². The molecule has 0 aliphatic heterocycles. The molecule has 0 atom stereocenters. The number of halogens is 1. The summed E-state index contributed by atoms with van der Waals surface area (Å²) in [5, 5.41) is 6.23. The van der Waals surface area contributed by atoms with Gasteiger partial charge in [-0.2, -0.15) is 5.10 Å². The van der Waals surface area contributed by atoms with Crippen LogP contribution in [0, 0.1) is 0 Å². The van der Waals surface area contributed by atoms with Crippen LogP contribution in [-0.4, -0.2) is 38.2 Å². The van der Waals surface area contributed by atoms with Gasteiger partial charge in [0.1, 0.15) is 5.75 Å². The zero-order valence-corrected chi connectivity index (χ0v) is 19.8. The maximum absolute atomic E-state index is 12.4. The Kier molecular flexibility index (Phi) is 8.36. The Balaban J connectivity index is 1.62. The Morgan fingerprint density at radius 3 is 2.35 bits per heavy atom. The van der Waals surface area contributed by atoms with Gasteiger partial charge in [0.05, 0.1) is 31.7 Å². The van der Waals surface area contributed by atoms with E-state index < -0.39 is 17.8 Å². The number of methoxy groups -OCH3 is 2. The predicted molar refractivity (Wildman–Crippen MR) is 129 cm³/mol. The fourth-order valence-electron chi connectivity index (χ4n) is 2.77. The average Bonchev–Trinajstić information content (AvgIpc) is 2.85. The standard InChI is InChI=1S/C24H20BrN3O6/c1-32-19-9-4-3-8-18(19)27-22(29)23(30)28-26-14-15-10-11-20(21(12-15)33-2)34-24(31)16-6-5-7-17(25)13-16/h3-14H,1-2H3,(H,27,29)(H,28,30). The Hall–Kier alpha value is -4.18. The molecule has 174 valence electrons. The van der Waals surface area contributed by atoms with Gasteiger partial charge in [0.2, 0.25) is 0 Å². The molecule has 9 nitrogen and oxygen atoms in total. The number of anilines is 1. The average molecular weight is 526 g/mol. The molecule has 2 N–H and O–H groups in total. The summed E-state index contributed by atoms with van der Waals surface area (Å²) in [5.41, 5.74) is 3.40. The minimum atomic E-state index is -0.964. The van der Waals surface area contributed by atoms with E-state index in [0.29, 0.717) is 22.6 Å². The van der Waals surface area contributed by atoms with E-state index in [9.17, 15) is 14.4 Å². The van der Waals surface area contributed by atoms with Crippen LogP contribution >= 0.6 is 15.9 Å². The van der Waals surface area contributed by atoms with Gasteiger partial charge >= 0.3 is 17.8 Å². The first kappa shape index (κ1) is 24.5. The molecular formula is C24H20BrN3O6. The molecule has 0 aromatic heterocycles. The molecule has 0 fully saturated rings. The number of carbonyl (C=O) groups excluding carboxylic acids is 3. The second-order valence-electron chi connectivity index (χ2n) is 6.66. The van der Waals surface area contributed by atoms with Crippen LogP contribution in [0.1, 0.15) is 15.9 Å². The molecule has 0 heterocycles. The van der Waals surface area contributed by atoms with Gasteiger partial charge in [-0.15, -0.1) is 0 Å². The lowest BCUT2D eigenvalue weighted by molar-refractivity contribution is -0.136. The van der Waals surface area contributed by atoms with Crippen molar-refractivity contribution in [1.82, 2.24) is 5.43 Å². The fraction of sp³-hybridized carbons (Fsp3) is 0.0833. The Labute approximate surface area is 203 Å². The Morgan fingerprint density at radius 2 is 1.62 bits per heavy atom. The number of rotatable bonds is 7. The molecule has 34 heavy (non-hydrogen) atoms. The molecule has 0 saturated heterocycles. The van der Waals surface area contributed by atoms with Gasteiger partial charge in [-0.3, -0.25) is 9.59 Å². The number of para-hydroxylation sites is 2. The lowest BCUT2D eigenvalue weighted by atomic mass is 10.2. The summed E-state index contributed by atoms with van der Waals surface area (Å²) in [7, 11) is 2.88. The molecule has 3 aromatic carbocycles. The van der Waals surface area contributed by atoms with E-state index in [2.05, 4.69) is 31.8 Å². The van der Waals surface area contributed by atoms with Crippen molar-refractivity contribution in [2.75, 3.05) is 19.5 Å². The number of hydrogen-bond donors (Lipinski definition) is 2. The number of amides is 2. The summed E-state index contributed by atoms with van der Waals surface area (Å²) in [5.74, 6) is -1.51. The second-order valence-corrected chi connectivity index (χ2v) is 7.58. The maximum Gasteiger partial charge on any atom is 0.343 e. The second kappa shape index (κ2) is 11.6. The first-order valence-electron chi connectivity index (χ1n) is 9.84. The van der Waals surface area contributed by atoms with E-state index in [1.807, 2.05) is 0 Å². The van der Waals surface area contributed by atoms with Crippen LogP contribution in [0.15, 0.2) is 76.3 Å².